The number of benzene rings is 1. The molecule has 1 aromatic carbocycles. The molecule has 1 heterocycles. The topological polar surface area (TPSA) is 74.3 Å². The Balaban J connectivity index is 1.92. The van der Waals surface area contributed by atoms with Crippen molar-refractivity contribution in [3.05, 3.63) is 52.1 Å². The van der Waals surface area contributed by atoms with Crippen LogP contribution in [-0.2, 0) is 9.59 Å². The van der Waals surface area contributed by atoms with Crippen molar-refractivity contribution in [1.82, 2.24) is 9.88 Å². The van der Waals surface area contributed by atoms with Crippen LogP contribution in [0.5, 0.6) is 0 Å². The van der Waals surface area contributed by atoms with Crippen molar-refractivity contribution < 1.29 is 9.59 Å². The van der Waals surface area contributed by atoms with E-state index in [0.29, 0.717) is 21.6 Å². The number of anilines is 2. The van der Waals surface area contributed by atoms with E-state index in [9.17, 15) is 9.59 Å². The van der Waals surface area contributed by atoms with Gasteiger partial charge < -0.3 is 10.6 Å². The van der Waals surface area contributed by atoms with Gasteiger partial charge >= 0.3 is 0 Å². The highest BCUT2D eigenvalue weighted by molar-refractivity contribution is 6.35. The van der Waals surface area contributed by atoms with Gasteiger partial charge in [0.2, 0.25) is 11.8 Å². The summed E-state index contributed by atoms with van der Waals surface area (Å²) in [7, 11) is 1.69. The van der Waals surface area contributed by atoms with Crippen LogP contribution in [0.15, 0.2) is 36.5 Å². The van der Waals surface area contributed by atoms with Crippen molar-refractivity contribution in [2.24, 2.45) is 0 Å². The van der Waals surface area contributed by atoms with Crippen LogP contribution in [0.4, 0.5) is 11.5 Å². The predicted octanol–water partition coefficient (Wildman–Crippen LogP) is 3.59. The number of aryl methyl sites for hydroxylation is 1. The monoisotopic (exact) mass is 394 g/mol. The predicted molar refractivity (Wildman–Crippen MR) is 105 cm³/mol. The van der Waals surface area contributed by atoms with E-state index in [1.807, 2.05) is 13.0 Å². The maximum atomic E-state index is 12.4. The van der Waals surface area contributed by atoms with Crippen LogP contribution in [0.1, 0.15) is 12.5 Å². The van der Waals surface area contributed by atoms with E-state index in [4.69, 9.17) is 23.2 Å². The van der Waals surface area contributed by atoms with E-state index in [1.165, 1.54) is 0 Å². The number of nitrogens with zero attached hydrogens (tertiary/aromatic N) is 2. The zero-order chi connectivity index (χ0) is 19.3. The number of hydrogen-bond donors (Lipinski definition) is 2. The molecule has 8 heteroatoms. The van der Waals surface area contributed by atoms with Crippen LogP contribution in [0.3, 0.4) is 0 Å². The highest BCUT2D eigenvalue weighted by Crippen LogP contribution is 2.25. The highest BCUT2D eigenvalue weighted by Gasteiger charge is 2.21. The van der Waals surface area contributed by atoms with Gasteiger partial charge in [-0.1, -0.05) is 29.3 Å². The van der Waals surface area contributed by atoms with Gasteiger partial charge in [0.1, 0.15) is 5.82 Å². The van der Waals surface area contributed by atoms with E-state index in [2.05, 4.69) is 15.6 Å². The van der Waals surface area contributed by atoms with E-state index >= 15 is 0 Å². The summed E-state index contributed by atoms with van der Waals surface area (Å²) >= 11 is 12.0. The molecule has 0 aliphatic rings. The van der Waals surface area contributed by atoms with Gasteiger partial charge in [-0.15, -0.1) is 0 Å². The van der Waals surface area contributed by atoms with Crippen LogP contribution in [0, 0.1) is 6.92 Å². The lowest BCUT2D eigenvalue weighted by atomic mass is 10.2. The number of pyridine rings is 1. The zero-order valence-electron chi connectivity index (χ0n) is 14.7. The molecule has 6 nitrogen and oxygen atoms in total. The summed E-state index contributed by atoms with van der Waals surface area (Å²) in [6.45, 7) is 3.65. The van der Waals surface area contributed by atoms with E-state index < -0.39 is 6.04 Å². The molecule has 138 valence electrons. The van der Waals surface area contributed by atoms with Crippen LogP contribution in [-0.4, -0.2) is 41.3 Å². The number of amides is 2. The molecular formula is C18H20Cl2N4O2. The Morgan fingerprint density at radius 2 is 1.92 bits per heavy atom. The SMILES string of the molecule is Cc1ccc(NC(=O)CN(C)C(C)C(=O)Nc2cc(Cl)ccc2Cl)nc1. The first-order valence-corrected chi connectivity index (χ1v) is 8.70. The van der Waals surface area contributed by atoms with Crippen molar-refractivity contribution in [3.63, 3.8) is 0 Å². The summed E-state index contributed by atoms with van der Waals surface area (Å²) in [5.74, 6) is -0.0842. The maximum Gasteiger partial charge on any atom is 0.241 e. The van der Waals surface area contributed by atoms with Gasteiger partial charge in [-0.05, 0) is 50.7 Å². The molecule has 2 N–H and O–H groups in total. The van der Waals surface area contributed by atoms with Crippen LogP contribution in [0.25, 0.3) is 0 Å². The lowest BCUT2D eigenvalue weighted by Crippen LogP contribution is -2.43. The third-order valence-electron chi connectivity index (χ3n) is 3.80. The second kappa shape index (κ2) is 8.98. The molecule has 0 fully saturated rings. The second-order valence-corrected chi connectivity index (χ2v) is 6.82. The lowest BCUT2D eigenvalue weighted by molar-refractivity contribution is -0.122. The number of halogens is 2. The number of likely N-dealkylation sites (N-methyl/N-ethyl adjacent to an activating group) is 1. The van der Waals surface area contributed by atoms with Crippen molar-refractivity contribution in [2.75, 3.05) is 24.2 Å². The van der Waals surface area contributed by atoms with Gasteiger partial charge in [-0.2, -0.15) is 0 Å². The molecule has 1 unspecified atom stereocenters. The number of carbonyl (C=O) groups excluding carboxylic acids is 2. The molecule has 2 rings (SSSR count). The Hall–Kier alpha value is -2.15. The summed E-state index contributed by atoms with van der Waals surface area (Å²) in [6, 6.07) is 7.85. The number of rotatable bonds is 6. The average Bonchev–Trinajstić information content (AvgIpc) is 2.59. The molecule has 1 atom stereocenters. The van der Waals surface area contributed by atoms with Gasteiger partial charge in [0.25, 0.3) is 0 Å². The third kappa shape index (κ3) is 5.69. The Labute approximate surface area is 162 Å². The van der Waals surface area contributed by atoms with Crippen molar-refractivity contribution in [3.8, 4) is 0 Å². The molecule has 0 spiro atoms. The van der Waals surface area contributed by atoms with Gasteiger partial charge in [0.15, 0.2) is 0 Å². The lowest BCUT2D eigenvalue weighted by Gasteiger charge is -2.23. The normalized spacial score (nSPS) is 11.9. The molecule has 0 bridgehead atoms. The van der Waals surface area contributed by atoms with E-state index in [1.54, 1.807) is 49.3 Å². The first kappa shape index (κ1) is 20.2. The molecule has 1 aromatic heterocycles. The van der Waals surface area contributed by atoms with Crippen molar-refractivity contribution >= 4 is 46.5 Å². The second-order valence-electron chi connectivity index (χ2n) is 5.97. The number of nitrogens with one attached hydrogen (secondary N) is 2. The Bertz CT molecular complexity index is 796. The van der Waals surface area contributed by atoms with Crippen molar-refractivity contribution in [1.29, 1.82) is 0 Å². The van der Waals surface area contributed by atoms with Gasteiger partial charge in [-0.3, -0.25) is 14.5 Å². The fourth-order valence-electron chi connectivity index (χ4n) is 2.12. The molecule has 0 radical (unpaired) electrons. The molecular weight excluding hydrogens is 375 g/mol. The first-order chi connectivity index (χ1) is 12.3. The van der Waals surface area contributed by atoms with Crippen LogP contribution in [0.2, 0.25) is 10.0 Å². The molecule has 2 aromatic rings. The Morgan fingerprint density at radius 3 is 2.58 bits per heavy atom. The zero-order valence-corrected chi connectivity index (χ0v) is 16.2. The number of aromatic nitrogens is 1. The minimum atomic E-state index is -0.554. The molecule has 0 saturated heterocycles. The standard InChI is InChI=1S/C18H20Cl2N4O2/c1-11-4-7-16(21-9-11)23-17(25)10-24(3)12(2)18(26)22-15-8-13(19)5-6-14(15)20/h4-9,12H,10H2,1-3H3,(H,22,26)(H,21,23,25). The maximum absolute atomic E-state index is 12.4. The number of carbonyl (C=O) groups is 2. The summed E-state index contributed by atoms with van der Waals surface area (Å²) in [5, 5.41) is 6.28. The number of hydrogen-bond acceptors (Lipinski definition) is 4. The fraction of sp³-hybridized carbons (Fsp3) is 0.278. The minimum Gasteiger partial charge on any atom is -0.323 e. The van der Waals surface area contributed by atoms with Gasteiger partial charge in [0, 0.05) is 11.2 Å². The van der Waals surface area contributed by atoms with Crippen LogP contribution < -0.4 is 10.6 Å². The first-order valence-electron chi connectivity index (χ1n) is 7.95. The quantitative estimate of drug-likeness (QED) is 0.784. The Kier molecular flexibility index (Phi) is 6.97. The summed E-state index contributed by atoms with van der Waals surface area (Å²) < 4.78 is 0. The minimum absolute atomic E-state index is 0.0351. The smallest absolute Gasteiger partial charge is 0.241 e. The molecule has 2 amide bonds. The van der Waals surface area contributed by atoms with E-state index in [-0.39, 0.29) is 18.4 Å². The third-order valence-corrected chi connectivity index (χ3v) is 4.36. The summed E-state index contributed by atoms with van der Waals surface area (Å²) in [5.41, 5.74) is 1.43. The average molecular weight is 395 g/mol. The fourth-order valence-corrected chi connectivity index (χ4v) is 2.46. The molecule has 26 heavy (non-hydrogen) atoms. The molecule has 0 saturated carbocycles. The highest BCUT2D eigenvalue weighted by atomic mass is 35.5. The molecule has 0 aliphatic carbocycles. The summed E-state index contributed by atoms with van der Waals surface area (Å²) in [4.78, 5) is 30.3. The largest absolute Gasteiger partial charge is 0.323 e. The van der Waals surface area contributed by atoms with Gasteiger partial charge in [0.05, 0.1) is 23.3 Å². The molecule has 0 aliphatic heterocycles. The summed E-state index contributed by atoms with van der Waals surface area (Å²) in [6.07, 6.45) is 1.67. The van der Waals surface area contributed by atoms with E-state index in [0.717, 1.165) is 5.56 Å². The van der Waals surface area contributed by atoms with Gasteiger partial charge in [-0.25, -0.2) is 4.98 Å². The van der Waals surface area contributed by atoms with Crippen molar-refractivity contribution in [2.45, 2.75) is 19.9 Å². The van der Waals surface area contributed by atoms with Crippen LogP contribution >= 0.6 is 23.2 Å². The Morgan fingerprint density at radius 1 is 1.19 bits per heavy atom.